The number of aromatic nitrogens is 2. The Morgan fingerprint density at radius 3 is 2.61 bits per heavy atom. The molecular weight excluding hydrogens is 428 g/mol. The predicted octanol–water partition coefficient (Wildman–Crippen LogP) is 4.60. The number of rotatable bonds is 7. The summed E-state index contributed by atoms with van der Waals surface area (Å²) in [5, 5.41) is 1.13. The quantitative estimate of drug-likeness (QED) is 0.297. The number of nitrogens with zero attached hydrogens (tertiary/aromatic N) is 2. The molecule has 5 nitrogen and oxygen atoms in total. The van der Waals surface area contributed by atoms with Crippen molar-refractivity contribution in [3.05, 3.63) is 87.3 Å². The SMILES string of the molecule is COC(=O)c1ccc(CSc2nc3c(c(=O)n2CCc2ccccc2)SC(C)C3)cc1. The number of carbonyl (C=O) groups excluding carboxylic acids is 1. The Balaban J connectivity index is 1.57. The average molecular weight is 453 g/mol. The summed E-state index contributed by atoms with van der Waals surface area (Å²) in [7, 11) is 1.37. The van der Waals surface area contributed by atoms with E-state index in [-0.39, 0.29) is 11.5 Å². The molecule has 0 aliphatic carbocycles. The van der Waals surface area contributed by atoms with Crippen molar-refractivity contribution in [2.45, 2.75) is 47.4 Å². The summed E-state index contributed by atoms with van der Waals surface area (Å²) in [6.07, 6.45) is 1.61. The average Bonchev–Trinajstić information content (AvgIpc) is 3.18. The van der Waals surface area contributed by atoms with Crippen LogP contribution in [0, 0.1) is 0 Å². The van der Waals surface area contributed by atoms with Crippen molar-refractivity contribution in [2.24, 2.45) is 0 Å². The molecule has 7 heteroatoms. The van der Waals surface area contributed by atoms with Gasteiger partial charge in [0, 0.05) is 24.0 Å². The second kappa shape index (κ2) is 9.75. The van der Waals surface area contributed by atoms with Crippen LogP contribution < -0.4 is 5.56 Å². The molecule has 3 aromatic rings. The van der Waals surface area contributed by atoms with E-state index >= 15 is 0 Å². The first kappa shape index (κ1) is 21.7. The summed E-state index contributed by atoms with van der Waals surface area (Å²) >= 11 is 3.20. The van der Waals surface area contributed by atoms with Crippen LogP contribution in [0.2, 0.25) is 0 Å². The standard InChI is InChI=1S/C24H24N2O3S2/c1-16-14-20-21(31-16)22(27)26(13-12-17-6-4-3-5-7-17)24(25-20)30-15-18-8-10-19(11-9-18)23(28)29-2/h3-11,16H,12-15H2,1-2H3. The number of methoxy groups -OCH3 is 1. The van der Waals surface area contributed by atoms with Crippen molar-refractivity contribution in [1.82, 2.24) is 9.55 Å². The molecule has 1 aliphatic heterocycles. The normalized spacial score (nSPS) is 15.0. The monoisotopic (exact) mass is 452 g/mol. The van der Waals surface area contributed by atoms with Crippen molar-refractivity contribution in [3.8, 4) is 0 Å². The first-order chi connectivity index (χ1) is 15.0. The summed E-state index contributed by atoms with van der Waals surface area (Å²) in [4.78, 5) is 30.6. The molecule has 0 N–H and O–H groups in total. The van der Waals surface area contributed by atoms with Gasteiger partial charge in [0.15, 0.2) is 5.16 Å². The Bertz CT molecular complexity index is 1130. The van der Waals surface area contributed by atoms with Gasteiger partial charge in [-0.3, -0.25) is 9.36 Å². The van der Waals surface area contributed by atoms with Crippen LogP contribution in [0.25, 0.3) is 0 Å². The fourth-order valence-electron chi connectivity index (χ4n) is 3.53. The largest absolute Gasteiger partial charge is 0.465 e. The topological polar surface area (TPSA) is 61.2 Å². The lowest BCUT2D eigenvalue weighted by Gasteiger charge is -2.14. The summed E-state index contributed by atoms with van der Waals surface area (Å²) in [6.45, 7) is 2.73. The van der Waals surface area contributed by atoms with Gasteiger partial charge in [0.2, 0.25) is 0 Å². The van der Waals surface area contributed by atoms with Gasteiger partial charge in [-0.15, -0.1) is 11.8 Å². The number of hydrogen-bond acceptors (Lipinski definition) is 6. The molecule has 0 saturated carbocycles. The Kier molecular flexibility index (Phi) is 6.83. The van der Waals surface area contributed by atoms with Crippen molar-refractivity contribution in [2.75, 3.05) is 7.11 Å². The molecule has 1 unspecified atom stereocenters. The molecule has 1 atom stereocenters. The molecule has 160 valence electrons. The predicted molar refractivity (Wildman–Crippen MR) is 125 cm³/mol. The molecule has 0 fully saturated rings. The first-order valence-electron chi connectivity index (χ1n) is 10.2. The second-order valence-corrected chi connectivity index (χ2v) is 9.86. The fourth-order valence-corrected chi connectivity index (χ4v) is 5.64. The van der Waals surface area contributed by atoms with Crippen molar-refractivity contribution >= 4 is 29.5 Å². The Labute approximate surface area is 190 Å². The van der Waals surface area contributed by atoms with E-state index < -0.39 is 0 Å². The maximum Gasteiger partial charge on any atom is 0.337 e. The Morgan fingerprint density at radius 2 is 1.90 bits per heavy atom. The van der Waals surface area contributed by atoms with Crippen LogP contribution >= 0.6 is 23.5 Å². The zero-order valence-electron chi connectivity index (χ0n) is 17.5. The highest BCUT2D eigenvalue weighted by molar-refractivity contribution is 8.00. The van der Waals surface area contributed by atoms with Crippen molar-refractivity contribution in [3.63, 3.8) is 0 Å². The van der Waals surface area contributed by atoms with Crippen molar-refractivity contribution < 1.29 is 9.53 Å². The number of fused-ring (bicyclic) bond motifs is 1. The molecule has 31 heavy (non-hydrogen) atoms. The highest BCUT2D eigenvalue weighted by Gasteiger charge is 2.26. The summed E-state index contributed by atoms with van der Waals surface area (Å²) in [6, 6.07) is 17.5. The lowest BCUT2D eigenvalue weighted by molar-refractivity contribution is 0.0600. The van der Waals surface area contributed by atoms with Gasteiger partial charge in [-0.1, -0.05) is 61.2 Å². The zero-order chi connectivity index (χ0) is 21.8. The molecule has 1 aliphatic rings. The lowest BCUT2D eigenvalue weighted by Crippen LogP contribution is -2.26. The van der Waals surface area contributed by atoms with E-state index in [2.05, 4.69) is 19.1 Å². The van der Waals surface area contributed by atoms with E-state index in [4.69, 9.17) is 9.72 Å². The van der Waals surface area contributed by atoms with Crippen LogP contribution in [0.15, 0.2) is 69.4 Å². The van der Waals surface area contributed by atoms with Gasteiger partial charge in [0.1, 0.15) is 0 Å². The number of hydrogen-bond donors (Lipinski definition) is 0. The maximum atomic E-state index is 13.2. The number of thioether (sulfide) groups is 2. The van der Waals surface area contributed by atoms with Gasteiger partial charge in [-0.2, -0.15) is 0 Å². The van der Waals surface area contributed by atoms with Crippen LogP contribution in [0.1, 0.15) is 34.1 Å². The maximum absolute atomic E-state index is 13.2. The molecule has 0 bridgehead atoms. The van der Waals surface area contributed by atoms with E-state index in [0.29, 0.717) is 23.1 Å². The third kappa shape index (κ3) is 5.05. The van der Waals surface area contributed by atoms with Crippen LogP contribution in [-0.4, -0.2) is 27.9 Å². The van der Waals surface area contributed by atoms with Crippen LogP contribution in [-0.2, 0) is 29.9 Å². The van der Waals surface area contributed by atoms with E-state index in [1.807, 2.05) is 34.9 Å². The molecule has 1 aromatic heterocycles. The highest BCUT2D eigenvalue weighted by Crippen LogP contribution is 2.34. The van der Waals surface area contributed by atoms with E-state index in [9.17, 15) is 9.59 Å². The summed E-state index contributed by atoms with van der Waals surface area (Å²) < 4.78 is 6.58. The molecule has 0 spiro atoms. The van der Waals surface area contributed by atoms with E-state index in [0.717, 1.165) is 34.2 Å². The fraction of sp³-hybridized carbons (Fsp3) is 0.292. The second-order valence-electron chi connectivity index (χ2n) is 7.47. The Morgan fingerprint density at radius 1 is 1.16 bits per heavy atom. The number of carbonyl (C=O) groups is 1. The smallest absolute Gasteiger partial charge is 0.337 e. The number of benzene rings is 2. The van der Waals surface area contributed by atoms with Gasteiger partial charge in [-0.25, -0.2) is 9.78 Å². The van der Waals surface area contributed by atoms with Crippen LogP contribution in [0.4, 0.5) is 0 Å². The van der Waals surface area contributed by atoms with E-state index in [1.54, 1.807) is 35.7 Å². The van der Waals surface area contributed by atoms with Crippen LogP contribution in [0.5, 0.6) is 0 Å². The minimum Gasteiger partial charge on any atom is -0.465 e. The van der Waals surface area contributed by atoms with E-state index in [1.165, 1.54) is 12.7 Å². The lowest BCUT2D eigenvalue weighted by atomic mass is 10.1. The van der Waals surface area contributed by atoms with Crippen LogP contribution in [0.3, 0.4) is 0 Å². The molecule has 4 rings (SSSR count). The third-order valence-electron chi connectivity index (χ3n) is 5.17. The summed E-state index contributed by atoms with van der Waals surface area (Å²) in [5.74, 6) is 0.321. The van der Waals surface area contributed by atoms with Gasteiger partial charge in [0.25, 0.3) is 5.56 Å². The number of aryl methyl sites for hydroxylation is 1. The van der Waals surface area contributed by atoms with Gasteiger partial charge in [-0.05, 0) is 29.7 Å². The minimum atomic E-state index is -0.346. The summed E-state index contributed by atoms with van der Waals surface area (Å²) in [5.41, 5.74) is 3.77. The van der Waals surface area contributed by atoms with Crippen molar-refractivity contribution in [1.29, 1.82) is 0 Å². The highest BCUT2D eigenvalue weighted by atomic mass is 32.2. The van der Waals surface area contributed by atoms with Gasteiger partial charge < -0.3 is 4.74 Å². The molecular formula is C24H24N2O3S2. The Hall–Kier alpha value is -2.51. The first-order valence-corrected chi connectivity index (χ1v) is 12.1. The number of ether oxygens (including phenoxy) is 1. The molecule has 2 heterocycles. The zero-order valence-corrected chi connectivity index (χ0v) is 19.2. The molecule has 2 aromatic carbocycles. The number of esters is 1. The third-order valence-corrected chi connectivity index (χ3v) is 7.44. The minimum absolute atomic E-state index is 0.0684. The molecule has 0 saturated heterocycles. The van der Waals surface area contributed by atoms with Gasteiger partial charge >= 0.3 is 5.97 Å². The molecule has 0 amide bonds. The molecule has 0 radical (unpaired) electrons. The van der Waals surface area contributed by atoms with Gasteiger partial charge in [0.05, 0.1) is 23.3 Å².